The minimum Gasteiger partial charge on any atom is -0.351 e. The number of hydrogen-bond donors (Lipinski definition) is 0. The summed E-state index contributed by atoms with van der Waals surface area (Å²) in [6.07, 6.45) is 0. The van der Waals surface area contributed by atoms with Crippen LogP contribution < -0.4 is 0 Å². The molecule has 1 amide bonds. The van der Waals surface area contributed by atoms with E-state index in [1.807, 2.05) is 0 Å². The number of carbonyl (C=O) groups excluding carboxylic acids is 1. The Bertz CT molecular complexity index is 933. The van der Waals surface area contributed by atoms with Crippen LogP contribution in [0, 0.1) is 6.92 Å². The van der Waals surface area contributed by atoms with Gasteiger partial charge in [-0.15, -0.1) is 0 Å². The van der Waals surface area contributed by atoms with Gasteiger partial charge in [-0.05, 0) is 19.1 Å². The number of halogens is 3. The molecule has 0 saturated carbocycles. The molecule has 1 aliphatic rings. The molecule has 1 aromatic heterocycles. The summed E-state index contributed by atoms with van der Waals surface area (Å²) in [7, 11) is -3.87. The van der Waals surface area contributed by atoms with E-state index in [9.17, 15) is 13.2 Å². The highest BCUT2D eigenvalue weighted by Gasteiger charge is 2.34. The van der Waals surface area contributed by atoms with Crippen LogP contribution in [0.25, 0.3) is 0 Å². The Morgan fingerprint density at radius 3 is 2.23 bits per heavy atom. The molecule has 2 aromatic rings. The number of rotatable bonds is 3. The predicted molar refractivity (Wildman–Crippen MR) is 100 cm³/mol. The Kier molecular flexibility index (Phi) is 5.64. The van der Waals surface area contributed by atoms with Crippen LogP contribution in [0.5, 0.6) is 0 Å². The first-order valence-corrected chi connectivity index (χ1v) is 10.6. The largest absolute Gasteiger partial charge is 0.351 e. The van der Waals surface area contributed by atoms with Gasteiger partial charge in [0, 0.05) is 36.7 Å². The number of sulfonamides is 1. The lowest BCUT2D eigenvalue weighted by molar-refractivity contribution is 0.0656. The number of hydrogen-bond acceptors (Lipinski definition) is 5. The van der Waals surface area contributed by atoms with Gasteiger partial charge in [0.15, 0.2) is 0 Å². The molecule has 1 fully saturated rings. The normalized spacial score (nSPS) is 16.1. The lowest BCUT2D eigenvalue weighted by Crippen LogP contribution is -2.50. The second-order valence-corrected chi connectivity index (χ2v) is 9.33. The molecule has 0 aliphatic carbocycles. The minimum atomic E-state index is -3.87. The molecule has 140 valence electrons. The number of nitrogens with zero attached hydrogens (tertiary/aromatic N) is 3. The van der Waals surface area contributed by atoms with Crippen molar-refractivity contribution in [2.45, 2.75) is 11.8 Å². The maximum absolute atomic E-state index is 12.9. The zero-order valence-corrected chi connectivity index (χ0v) is 17.5. The van der Waals surface area contributed by atoms with E-state index >= 15 is 0 Å². The number of piperazine rings is 1. The molecule has 0 N–H and O–H groups in total. The molecular weight excluding hydrogens is 469 g/mol. The fourth-order valence-corrected chi connectivity index (χ4v) is 5.96. The first-order chi connectivity index (χ1) is 12.2. The van der Waals surface area contributed by atoms with E-state index in [4.69, 9.17) is 27.7 Å². The Hall–Kier alpha value is -1.13. The molecule has 0 bridgehead atoms. The van der Waals surface area contributed by atoms with E-state index in [1.54, 1.807) is 13.0 Å². The molecular formula is C15H14BrCl2N3O4S. The van der Waals surface area contributed by atoms with Gasteiger partial charge in [-0.1, -0.05) is 44.3 Å². The van der Waals surface area contributed by atoms with Crippen LogP contribution in [0.4, 0.5) is 0 Å². The standard InChI is InChI=1S/C15H14BrCl2N3O4S/c1-9-6-13(25-19-9)15(22)20-2-4-21(5-3-20)26(23,24)14-11(17)7-10(16)8-12(14)18/h6-8H,2-5H2,1H3. The molecule has 1 aromatic carbocycles. The second-order valence-electron chi connectivity index (χ2n) is 5.73. The number of benzene rings is 1. The molecule has 3 rings (SSSR count). The molecule has 0 atom stereocenters. The Balaban J connectivity index is 1.76. The van der Waals surface area contributed by atoms with E-state index in [0.29, 0.717) is 10.2 Å². The van der Waals surface area contributed by atoms with E-state index in [-0.39, 0.29) is 52.8 Å². The third-order valence-corrected chi connectivity index (χ3v) is 7.20. The maximum atomic E-state index is 12.9. The van der Waals surface area contributed by atoms with Crippen LogP contribution in [0.2, 0.25) is 10.0 Å². The highest BCUT2D eigenvalue weighted by Crippen LogP contribution is 2.35. The summed E-state index contributed by atoms with van der Waals surface area (Å²) in [6, 6.07) is 4.51. The van der Waals surface area contributed by atoms with Crippen molar-refractivity contribution in [1.29, 1.82) is 0 Å². The zero-order chi connectivity index (χ0) is 19.1. The molecule has 26 heavy (non-hydrogen) atoms. The molecule has 0 spiro atoms. The summed E-state index contributed by atoms with van der Waals surface area (Å²) in [6.45, 7) is 2.43. The quantitative estimate of drug-likeness (QED) is 0.670. The van der Waals surface area contributed by atoms with Crippen molar-refractivity contribution in [3.05, 3.63) is 44.2 Å². The Labute approximate surface area is 169 Å². The van der Waals surface area contributed by atoms with Crippen LogP contribution in [0.15, 0.2) is 32.1 Å². The van der Waals surface area contributed by atoms with Crippen LogP contribution in [-0.2, 0) is 10.0 Å². The van der Waals surface area contributed by atoms with Crippen molar-refractivity contribution >= 4 is 55.1 Å². The van der Waals surface area contributed by atoms with Crippen LogP contribution >= 0.6 is 39.1 Å². The van der Waals surface area contributed by atoms with Gasteiger partial charge >= 0.3 is 0 Å². The van der Waals surface area contributed by atoms with Gasteiger partial charge in [-0.25, -0.2) is 8.42 Å². The number of carbonyl (C=O) groups is 1. The summed E-state index contributed by atoms with van der Waals surface area (Å²) in [4.78, 5) is 13.8. The summed E-state index contributed by atoms with van der Waals surface area (Å²) in [5.74, 6) is -0.180. The van der Waals surface area contributed by atoms with Gasteiger partial charge in [0.2, 0.25) is 15.8 Å². The molecule has 11 heteroatoms. The molecule has 0 radical (unpaired) electrons. The van der Waals surface area contributed by atoms with E-state index < -0.39 is 10.0 Å². The maximum Gasteiger partial charge on any atom is 0.292 e. The first kappa shape index (κ1) is 19.6. The van der Waals surface area contributed by atoms with Crippen molar-refractivity contribution in [3.63, 3.8) is 0 Å². The number of aromatic nitrogens is 1. The molecule has 1 aliphatic heterocycles. The summed E-state index contributed by atoms with van der Waals surface area (Å²) in [5, 5.41) is 3.77. The van der Waals surface area contributed by atoms with Gasteiger partial charge in [0.25, 0.3) is 5.91 Å². The monoisotopic (exact) mass is 481 g/mol. The van der Waals surface area contributed by atoms with E-state index in [2.05, 4.69) is 21.1 Å². The first-order valence-electron chi connectivity index (χ1n) is 7.57. The highest BCUT2D eigenvalue weighted by atomic mass is 79.9. The number of amides is 1. The van der Waals surface area contributed by atoms with E-state index in [0.717, 1.165) is 0 Å². The summed E-state index contributed by atoms with van der Waals surface area (Å²) < 4.78 is 32.6. The topological polar surface area (TPSA) is 83.7 Å². The van der Waals surface area contributed by atoms with E-state index in [1.165, 1.54) is 21.3 Å². The van der Waals surface area contributed by atoms with Crippen LogP contribution in [0.3, 0.4) is 0 Å². The molecule has 0 unspecified atom stereocenters. The van der Waals surface area contributed by atoms with Gasteiger partial charge < -0.3 is 9.42 Å². The molecule has 7 nitrogen and oxygen atoms in total. The molecule has 2 heterocycles. The van der Waals surface area contributed by atoms with Gasteiger partial charge in [0.05, 0.1) is 15.7 Å². The van der Waals surface area contributed by atoms with Crippen LogP contribution in [-0.4, -0.2) is 54.9 Å². The van der Waals surface area contributed by atoms with Crippen molar-refractivity contribution in [1.82, 2.24) is 14.4 Å². The average molecular weight is 483 g/mol. The second kappa shape index (κ2) is 7.47. The average Bonchev–Trinajstić information content (AvgIpc) is 2.99. The van der Waals surface area contributed by atoms with Gasteiger partial charge in [-0.2, -0.15) is 4.31 Å². The van der Waals surface area contributed by atoms with Crippen molar-refractivity contribution in [2.24, 2.45) is 0 Å². The summed E-state index contributed by atoms with van der Waals surface area (Å²) >= 11 is 15.4. The zero-order valence-electron chi connectivity index (χ0n) is 13.6. The number of aryl methyl sites for hydroxylation is 1. The molecule has 1 saturated heterocycles. The third kappa shape index (κ3) is 3.77. The SMILES string of the molecule is Cc1cc(C(=O)N2CCN(S(=O)(=O)c3c(Cl)cc(Br)cc3Cl)CC2)on1. The smallest absolute Gasteiger partial charge is 0.292 e. The Morgan fingerprint density at radius 1 is 1.15 bits per heavy atom. The van der Waals surface area contributed by atoms with Crippen molar-refractivity contribution in [3.8, 4) is 0 Å². The lowest BCUT2D eigenvalue weighted by Gasteiger charge is -2.33. The van der Waals surface area contributed by atoms with Crippen molar-refractivity contribution in [2.75, 3.05) is 26.2 Å². The lowest BCUT2D eigenvalue weighted by atomic mass is 10.3. The highest BCUT2D eigenvalue weighted by molar-refractivity contribution is 9.10. The van der Waals surface area contributed by atoms with Gasteiger partial charge in [-0.3, -0.25) is 4.79 Å². The fraction of sp³-hybridized carbons (Fsp3) is 0.333. The fourth-order valence-electron chi connectivity index (χ4n) is 2.66. The van der Waals surface area contributed by atoms with Gasteiger partial charge in [0.1, 0.15) is 4.90 Å². The third-order valence-electron chi connectivity index (χ3n) is 3.93. The van der Waals surface area contributed by atoms with Crippen LogP contribution in [0.1, 0.15) is 16.2 Å². The minimum absolute atomic E-state index is 0.0417. The Morgan fingerprint density at radius 2 is 1.73 bits per heavy atom. The van der Waals surface area contributed by atoms with Crippen molar-refractivity contribution < 1.29 is 17.7 Å². The predicted octanol–water partition coefficient (Wildman–Crippen LogP) is 3.20. The summed E-state index contributed by atoms with van der Waals surface area (Å²) in [5.41, 5.74) is 0.606.